The molecule has 1 heterocycles. The number of hydrogen-bond donors (Lipinski definition) is 0. The van der Waals surface area contributed by atoms with Gasteiger partial charge in [-0.3, -0.25) is 0 Å². The van der Waals surface area contributed by atoms with E-state index in [4.69, 9.17) is 7.85 Å². The van der Waals surface area contributed by atoms with Gasteiger partial charge in [-0.15, -0.1) is 0 Å². The SMILES string of the molecule is [B]c1cnc(C(CCCC)CCCCCC)nc1. The molecule has 0 spiro atoms. The van der Waals surface area contributed by atoms with Crippen LogP contribution in [0.25, 0.3) is 0 Å². The third-order valence-electron chi connectivity index (χ3n) is 3.37. The maximum Gasteiger partial charge on any atom is 0.131 e. The van der Waals surface area contributed by atoms with Gasteiger partial charge in [0.1, 0.15) is 13.7 Å². The van der Waals surface area contributed by atoms with E-state index in [1.807, 2.05) is 0 Å². The predicted octanol–water partition coefficient (Wildman–Crippen LogP) is 3.51. The lowest BCUT2D eigenvalue weighted by atomic mass is 9.94. The van der Waals surface area contributed by atoms with Crippen molar-refractivity contribution >= 4 is 13.3 Å². The Balaban J connectivity index is 2.51. The largest absolute Gasteiger partial charge is 0.242 e. The van der Waals surface area contributed by atoms with E-state index < -0.39 is 0 Å². The molecular weight excluding hydrogens is 219 g/mol. The van der Waals surface area contributed by atoms with Gasteiger partial charge in [-0.2, -0.15) is 0 Å². The van der Waals surface area contributed by atoms with E-state index in [0.29, 0.717) is 11.4 Å². The summed E-state index contributed by atoms with van der Waals surface area (Å²) >= 11 is 0. The number of aromatic nitrogens is 2. The fourth-order valence-corrected chi connectivity index (χ4v) is 2.23. The Morgan fingerprint density at radius 3 is 2.17 bits per heavy atom. The molecule has 0 N–H and O–H groups in total. The Morgan fingerprint density at radius 2 is 1.56 bits per heavy atom. The van der Waals surface area contributed by atoms with E-state index in [9.17, 15) is 0 Å². The maximum atomic E-state index is 5.64. The standard InChI is InChI=1S/C15H25BN2/c1-3-5-7-8-10-13(9-6-4-2)15-17-11-14(16)12-18-15/h11-13H,3-10H2,1-2H3. The van der Waals surface area contributed by atoms with Gasteiger partial charge in [0.05, 0.1) is 0 Å². The summed E-state index contributed by atoms with van der Waals surface area (Å²) in [6, 6.07) is 0. The summed E-state index contributed by atoms with van der Waals surface area (Å²) in [5.74, 6) is 1.50. The molecule has 18 heavy (non-hydrogen) atoms. The smallest absolute Gasteiger partial charge is 0.131 e. The second-order valence-corrected chi connectivity index (χ2v) is 5.06. The van der Waals surface area contributed by atoms with Crippen molar-refractivity contribution < 1.29 is 0 Å². The molecule has 1 atom stereocenters. The Hall–Kier alpha value is -0.855. The van der Waals surface area contributed by atoms with Gasteiger partial charge >= 0.3 is 0 Å². The van der Waals surface area contributed by atoms with Crippen molar-refractivity contribution in [3.05, 3.63) is 18.2 Å². The highest BCUT2D eigenvalue weighted by molar-refractivity contribution is 6.31. The summed E-state index contributed by atoms with van der Waals surface area (Å²) in [5, 5.41) is 0. The molecule has 2 nitrogen and oxygen atoms in total. The van der Waals surface area contributed by atoms with Gasteiger partial charge in [-0.1, -0.05) is 57.8 Å². The molecule has 1 aromatic rings. The molecule has 1 rings (SSSR count). The zero-order valence-electron chi connectivity index (χ0n) is 11.9. The highest BCUT2D eigenvalue weighted by Gasteiger charge is 2.13. The van der Waals surface area contributed by atoms with E-state index in [1.54, 1.807) is 12.4 Å². The molecule has 0 saturated carbocycles. The van der Waals surface area contributed by atoms with Crippen LogP contribution in [0.5, 0.6) is 0 Å². The third kappa shape index (κ3) is 5.66. The normalized spacial score (nSPS) is 12.6. The summed E-state index contributed by atoms with van der Waals surface area (Å²) < 4.78 is 0. The van der Waals surface area contributed by atoms with E-state index in [0.717, 1.165) is 5.82 Å². The van der Waals surface area contributed by atoms with Crippen molar-refractivity contribution in [3.63, 3.8) is 0 Å². The van der Waals surface area contributed by atoms with Gasteiger partial charge < -0.3 is 0 Å². The number of rotatable bonds is 9. The average Bonchev–Trinajstić information content (AvgIpc) is 2.39. The van der Waals surface area contributed by atoms with Gasteiger partial charge in [0.15, 0.2) is 0 Å². The van der Waals surface area contributed by atoms with Crippen LogP contribution in [0, 0.1) is 0 Å². The van der Waals surface area contributed by atoms with Crippen LogP contribution in [-0.2, 0) is 0 Å². The zero-order chi connectivity index (χ0) is 13.2. The third-order valence-corrected chi connectivity index (χ3v) is 3.37. The minimum Gasteiger partial charge on any atom is -0.242 e. The average molecular weight is 244 g/mol. The Labute approximate surface area is 113 Å². The first-order valence-corrected chi connectivity index (χ1v) is 7.35. The van der Waals surface area contributed by atoms with E-state index in [2.05, 4.69) is 23.8 Å². The highest BCUT2D eigenvalue weighted by atomic mass is 14.9. The van der Waals surface area contributed by atoms with Crippen LogP contribution < -0.4 is 5.46 Å². The van der Waals surface area contributed by atoms with Gasteiger partial charge in [-0.25, -0.2) is 9.97 Å². The van der Waals surface area contributed by atoms with Crippen molar-refractivity contribution in [1.82, 2.24) is 9.97 Å². The van der Waals surface area contributed by atoms with Crippen molar-refractivity contribution in [2.45, 2.75) is 71.1 Å². The molecule has 3 heteroatoms. The van der Waals surface area contributed by atoms with Crippen LogP contribution in [0.1, 0.15) is 77.0 Å². The molecule has 0 aliphatic rings. The lowest BCUT2D eigenvalue weighted by Gasteiger charge is -2.15. The fraction of sp³-hybridized carbons (Fsp3) is 0.733. The van der Waals surface area contributed by atoms with Crippen molar-refractivity contribution in [1.29, 1.82) is 0 Å². The van der Waals surface area contributed by atoms with Gasteiger partial charge in [0.2, 0.25) is 0 Å². The number of unbranched alkanes of at least 4 members (excludes halogenated alkanes) is 4. The van der Waals surface area contributed by atoms with Crippen LogP contribution in [0.3, 0.4) is 0 Å². The summed E-state index contributed by atoms with van der Waals surface area (Å²) in [4.78, 5) is 8.79. The zero-order valence-corrected chi connectivity index (χ0v) is 11.9. The molecule has 0 aliphatic heterocycles. The van der Waals surface area contributed by atoms with E-state index in [-0.39, 0.29) is 0 Å². The summed E-state index contributed by atoms with van der Waals surface area (Å²) in [5.41, 5.74) is 0.652. The van der Waals surface area contributed by atoms with E-state index >= 15 is 0 Å². The summed E-state index contributed by atoms with van der Waals surface area (Å²) in [6.45, 7) is 4.48. The minimum atomic E-state index is 0.516. The van der Waals surface area contributed by atoms with Crippen LogP contribution in [0.2, 0.25) is 0 Å². The molecule has 1 unspecified atom stereocenters. The quantitative estimate of drug-likeness (QED) is 0.490. The topological polar surface area (TPSA) is 25.8 Å². The van der Waals surface area contributed by atoms with Gasteiger partial charge in [0, 0.05) is 18.3 Å². The summed E-state index contributed by atoms with van der Waals surface area (Å²) in [7, 11) is 5.64. The Bertz CT molecular complexity index is 311. The number of nitrogens with zero attached hydrogens (tertiary/aromatic N) is 2. The molecular formula is C15H25BN2. The first-order valence-electron chi connectivity index (χ1n) is 7.35. The molecule has 2 radical (unpaired) electrons. The Morgan fingerprint density at radius 1 is 0.944 bits per heavy atom. The molecule has 0 aliphatic carbocycles. The second-order valence-electron chi connectivity index (χ2n) is 5.06. The van der Waals surface area contributed by atoms with Crippen molar-refractivity contribution in [2.24, 2.45) is 0 Å². The van der Waals surface area contributed by atoms with Crippen molar-refractivity contribution in [3.8, 4) is 0 Å². The van der Waals surface area contributed by atoms with Crippen molar-refractivity contribution in [2.75, 3.05) is 0 Å². The molecule has 0 bridgehead atoms. The van der Waals surface area contributed by atoms with Crippen LogP contribution in [-0.4, -0.2) is 17.8 Å². The monoisotopic (exact) mass is 244 g/mol. The molecule has 1 aromatic heterocycles. The molecule has 0 aromatic carbocycles. The molecule has 0 fully saturated rings. The number of hydrogen-bond acceptors (Lipinski definition) is 2. The summed E-state index contributed by atoms with van der Waals surface area (Å²) in [6.07, 6.45) is 13.6. The van der Waals surface area contributed by atoms with Gasteiger partial charge in [0.25, 0.3) is 0 Å². The predicted molar refractivity (Wildman–Crippen MR) is 78.4 cm³/mol. The fourth-order valence-electron chi connectivity index (χ4n) is 2.23. The molecule has 0 saturated heterocycles. The highest BCUT2D eigenvalue weighted by Crippen LogP contribution is 2.24. The molecule has 98 valence electrons. The lowest BCUT2D eigenvalue weighted by Crippen LogP contribution is -2.11. The minimum absolute atomic E-state index is 0.516. The van der Waals surface area contributed by atoms with Crippen LogP contribution in [0.15, 0.2) is 12.4 Å². The van der Waals surface area contributed by atoms with Crippen LogP contribution >= 0.6 is 0 Å². The lowest BCUT2D eigenvalue weighted by molar-refractivity contribution is 0.490. The first-order chi connectivity index (χ1) is 8.77. The first kappa shape index (κ1) is 15.2. The van der Waals surface area contributed by atoms with Crippen LogP contribution in [0.4, 0.5) is 0 Å². The maximum absolute atomic E-state index is 5.64. The van der Waals surface area contributed by atoms with E-state index in [1.165, 1.54) is 51.4 Å². The second kappa shape index (κ2) is 9.13. The molecule has 0 amide bonds. The Kier molecular flexibility index (Phi) is 7.71. The van der Waals surface area contributed by atoms with Gasteiger partial charge in [-0.05, 0) is 12.8 Å².